The topological polar surface area (TPSA) is 23.8 Å². The maximum absolute atomic E-state index is 14.7. The van der Waals surface area contributed by atoms with E-state index in [1.807, 2.05) is 6.92 Å². The van der Waals surface area contributed by atoms with Gasteiger partial charge >= 0.3 is 0 Å². The zero-order valence-corrected chi connectivity index (χ0v) is 12.4. The van der Waals surface area contributed by atoms with Crippen LogP contribution in [0.4, 0.5) is 17.6 Å². The summed E-state index contributed by atoms with van der Waals surface area (Å²) >= 11 is 0. The van der Waals surface area contributed by atoms with Crippen LogP contribution in [0, 0.1) is 40.5 Å². The molecule has 2 aromatic rings. The number of halogens is 4. The van der Waals surface area contributed by atoms with Gasteiger partial charge in [-0.2, -0.15) is 5.26 Å². The van der Waals surface area contributed by atoms with Crippen LogP contribution >= 0.6 is 0 Å². The Balaban J connectivity index is 2.20. The average molecular weight is 319 g/mol. The summed E-state index contributed by atoms with van der Waals surface area (Å²) in [4.78, 5) is 0. The number of fused-ring (bicyclic) bond motifs is 1. The van der Waals surface area contributed by atoms with Crippen molar-refractivity contribution in [1.29, 1.82) is 5.26 Å². The molecule has 0 fully saturated rings. The van der Waals surface area contributed by atoms with Gasteiger partial charge in [-0.25, -0.2) is 17.6 Å². The van der Waals surface area contributed by atoms with E-state index < -0.39 is 34.4 Å². The van der Waals surface area contributed by atoms with E-state index in [1.165, 1.54) is 12.1 Å². The van der Waals surface area contributed by atoms with Crippen LogP contribution < -0.4 is 0 Å². The Labute approximate surface area is 131 Å². The first-order valence-corrected chi connectivity index (χ1v) is 7.31. The second kappa shape index (κ2) is 5.69. The van der Waals surface area contributed by atoms with E-state index in [2.05, 4.69) is 0 Å². The molecule has 1 aliphatic carbocycles. The molecule has 1 unspecified atom stereocenters. The van der Waals surface area contributed by atoms with Gasteiger partial charge in [0.05, 0.1) is 5.56 Å². The van der Waals surface area contributed by atoms with E-state index in [0.29, 0.717) is 29.9 Å². The van der Waals surface area contributed by atoms with Crippen LogP contribution in [0.2, 0.25) is 0 Å². The van der Waals surface area contributed by atoms with Gasteiger partial charge in [0.1, 0.15) is 34.9 Å². The average Bonchev–Trinajstić information content (AvgIpc) is 2.46. The number of nitrogens with zero attached hydrogens (tertiary/aromatic N) is 1. The molecular weight excluding hydrogens is 306 g/mol. The van der Waals surface area contributed by atoms with E-state index in [4.69, 9.17) is 5.26 Å². The largest absolute Gasteiger partial charge is 0.206 e. The molecule has 0 spiro atoms. The predicted molar refractivity (Wildman–Crippen MR) is 77.6 cm³/mol. The van der Waals surface area contributed by atoms with Gasteiger partial charge in [-0.1, -0.05) is 6.92 Å². The molecule has 0 bridgehead atoms. The molecule has 2 aromatic carbocycles. The smallest absolute Gasteiger partial charge is 0.144 e. The van der Waals surface area contributed by atoms with Crippen LogP contribution in [0.15, 0.2) is 18.2 Å². The molecule has 5 heteroatoms. The fourth-order valence-corrected chi connectivity index (χ4v) is 3.12. The van der Waals surface area contributed by atoms with Crippen molar-refractivity contribution in [2.45, 2.75) is 26.2 Å². The molecule has 0 aliphatic heterocycles. The van der Waals surface area contributed by atoms with Crippen molar-refractivity contribution in [3.05, 3.63) is 58.2 Å². The molecule has 0 amide bonds. The summed E-state index contributed by atoms with van der Waals surface area (Å²) in [6, 6.07) is 4.22. The van der Waals surface area contributed by atoms with Gasteiger partial charge in [0, 0.05) is 0 Å². The zero-order valence-electron chi connectivity index (χ0n) is 12.4. The molecule has 0 saturated heterocycles. The van der Waals surface area contributed by atoms with Crippen LogP contribution in [0.1, 0.15) is 30.0 Å². The summed E-state index contributed by atoms with van der Waals surface area (Å²) in [5.74, 6) is -3.54. The van der Waals surface area contributed by atoms with Gasteiger partial charge in [0.2, 0.25) is 0 Å². The quantitative estimate of drug-likeness (QED) is 0.685. The first-order valence-electron chi connectivity index (χ1n) is 7.31. The molecule has 118 valence electrons. The fraction of sp³-hybridized carbons (Fsp3) is 0.278. The molecule has 3 rings (SSSR count). The summed E-state index contributed by atoms with van der Waals surface area (Å²) < 4.78 is 56.6. The summed E-state index contributed by atoms with van der Waals surface area (Å²) in [6.07, 6.45) is 1.83. The van der Waals surface area contributed by atoms with Gasteiger partial charge in [-0.3, -0.25) is 0 Å². The maximum atomic E-state index is 14.7. The number of nitriles is 1. The molecule has 0 N–H and O–H groups in total. The van der Waals surface area contributed by atoms with Gasteiger partial charge in [-0.15, -0.1) is 0 Å². The van der Waals surface area contributed by atoms with E-state index in [0.717, 1.165) is 18.6 Å². The highest BCUT2D eigenvalue weighted by Crippen LogP contribution is 2.36. The lowest BCUT2D eigenvalue weighted by Gasteiger charge is -2.23. The molecule has 1 atom stereocenters. The van der Waals surface area contributed by atoms with E-state index in [9.17, 15) is 17.6 Å². The monoisotopic (exact) mass is 319 g/mol. The Kier molecular flexibility index (Phi) is 3.85. The van der Waals surface area contributed by atoms with Crippen molar-refractivity contribution < 1.29 is 17.6 Å². The molecule has 0 aromatic heterocycles. The lowest BCUT2D eigenvalue weighted by molar-refractivity contribution is 0.476. The Hall–Kier alpha value is -2.35. The number of rotatable bonds is 1. The molecule has 0 heterocycles. The van der Waals surface area contributed by atoms with Crippen LogP contribution in [0.25, 0.3) is 11.1 Å². The second-order valence-electron chi connectivity index (χ2n) is 5.96. The lowest BCUT2D eigenvalue weighted by atomic mass is 9.83. The first kappa shape index (κ1) is 15.5. The minimum atomic E-state index is -1.13. The fourth-order valence-electron chi connectivity index (χ4n) is 3.12. The predicted octanol–water partition coefficient (Wildman–Crippen LogP) is 4.91. The van der Waals surface area contributed by atoms with Crippen LogP contribution in [-0.2, 0) is 12.8 Å². The Bertz CT molecular complexity index is 813. The highest BCUT2D eigenvalue weighted by molar-refractivity contribution is 5.68. The molecule has 0 radical (unpaired) electrons. The first-order chi connectivity index (χ1) is 10.9. The Morgan fingerprint density at radius 2 is 1.70 bits per heavy atom. The van der Waals surface area contributed by atoms with Crippen molar-refractivity contribution in [2.75, 3.05) is 0 Å². The molecular formula is C18H13F4N. The molecule has 0 saturated carbocycles. The zero-order chi connectivity index (χ0) is 16.7. The molecule has 1 aliphatic rings. The third-order valence-electron chi connectivity index (χ3n) is 4.31. The summed E-state index contributed by atoms with van der Waals surface area (Å²) in [6.45, 7) is 2.01. The standard InChI is InChI=1S/C18H13F4N/c1-9-2-3-12-10(4-9)5-16(21)17(18(12)22)11-6-14(19)13(8-23)15(20)7-11/h5-7,9H,2-4H2,1H3. The number of hydrogen-bond acceptors (Lipinski definition) is 1. The van der Waals surface area contributed by atoms with Crippen molar-refractivity contribution in [3.63, 3.8) is 0 Å². The van der Waals surface area contributed by atoms with Gasteiger partial charge < -0.3 is 0 Å². The third kappa shape index (κ3) is 2.59. The summed E-state index contributed by atoms with van der Waals surface area (Å²) in [5, 5.41) is 8.67. The van der Waals surface area contributed by atoms with E-state index in [-0.39, 0.29) is 5.56 Å². The van der Waals surface area contributed by atoms with Gasteiger partial charge in [0.15, 0.2) is 0 Å². The van der Waals surface area contributed by atoms with Gasteiger partial charge in [0.25, 0.3) is 0 Å². The summed E-state index contributed by atoms with van der Waals surface area (Å²) in [7, 11) is 0. The third-order valence-corrected chi connectivity index (χ3v) is 4.31. The van der Waals surface area contributed by atoms with Crippen molar-refractivity contribution in [3.8, 4) is 17.2 Å². The van der Waals surface area contributed by atoms with Crippen LogP contribution in [0.3, 0.4) is 0 Å². The highest BCUT2D eigenvalue weighted by atomic mass is 19.1. The lowest BCUT2D eigenvalue weighted by Crippen LogP contribution is -2.14. The Morgan fingerprint density at radius 1 is 1.04 bits per heavy atom. The normalized spacial score (nSPS) is 16.8. The van der Waals surface area contributed by atoms with Crippen LogP contribution in [0.5, 0.6) is 0 Å². The SMILES string of the molecule is CC1CCc2c(cc(F)c(-c3cc(F)c(C#N)c(F)c3)c2F)C1. The molecule has 1 nitrogen and oxygen atoms in total. The molecule has 23 heavy (non-hydrogen) atoms. The second-order valence-corrected chi connectivity index (χ2v) is 5.96. The van der Waals surface area contributed by atoms with E-state index in [1.54, 1.807) is 0 Å². The minimum Gasteiger partial charge on any atom is -0.206 e. The van der Waals surface area contributed by atoms with Crippen molar-refractivity contribution in [2.24, 2.45) is 5.92 Å². The maximum Gasteiger partial charge on any atom is 0.144 e. The van der Waals surface area contributed by atoms with Crippen molar-refractivity contribution >= 4 is 0 Å². The van der Waals surface area contributed by atoms with Gasteiger partial charge in [-0.05, 0) is 60.1 Å². The number of benzene rings is 2. The van der Waals surface area contributed by atoms with Crippen molar-refractivity contribution in [1.82, 2.24) is 0 Å². The van der Waals surface area contributed by atoms with E-state index >= 15 is 0 Å². The summed E-state index contributed by atoms with van der Waals surface area (Å²) in [5.41, 5.74) is -0.431. The highest BCUT2D eigenvalue weighted by Gasteiger charge is 2.25. The minimum absolute atomic E-state index is 0.240. The number of hydrogen-bond donors (Lipinski definition) is 0. The Morgan fingerprint density at radius 3 is 2.30 bits per heavy atom. The van der Waals surface area contributed by atoms with Crippen LogP contribution in [-0.4, -0.2) is 0 Å².